The molecule has 0 atom stereocenters. The number of aliphatic hydroxyl groups is 1. The number of fused-ring (bicyclic) bond motifs is 1. The Morgan fingerprint density at radius 2 is 2.00 bits per heavy atom. The van der Waals surface area contributed by atoms with E-state index in [1.165, 1.54) is 0 Å². The monoisotopic (exact) mass is 391 g/mol. The maximum Gasteiger partial charge on any atom is 0.226 e. The molecular weight excluding hydrogens is 370 g/mol. The van der Waals surface area contributed by atoms with E-state index in [1.54, 1.807) is 11.3 Å². The van der Waals surface area contributed by atoms with Crippen LogP contribution in [0, 0.1) is 5.92 Å². The van der Waals surface area contributed by atoms with Gasteiger partial charge < -0.3 is 14.8 Å². The van der Waals surface area contributed by atoms with Crippen LogP contribution in [-0.2, 0) is 11.4 Å². The number of nitrogens with one attached hydrogen (secondary N) is 1. The molecule has 4 rings (SSSR count). The highest BCUT2D eigenvalue weighted by atomic mass is 32.1. The molecule has 1 aromatic carbocycles. The fourth-order valence-corrected chi connectivity index (χ4v) is 3.71. The summed E-state index contributed by atoms with van der Waals surface area (Å²) >= 11 is 1.55. The molecule has 0 bridgehead atoms. The van der Waals surface area contributed by atoms with Crippen LogP contribution in [0.15, 0.2) is 60.2 Å². The van der Waals surface area contributed by atoms with E-state index in [-0.39, 0.29) is 18.4 Å². The van der Waals surface area contributed by atoms with Crippen LogP contribution in [0.5, 0.6) is 0 Å². The van der Waals surface area contributed by atoms with Crippen molar-refractivity contribution in [2.24, 2.45) is 5.92 Å². The molecule has 0 aliphatic carbocycles. The van der Waals surface area contributed by atoms with E-state index in [9.17, 15) is 9.90 Å². The normalized spacial score (nSPS) is 11.3. The van der Waals surface area contributed by atoms with Gasteiger partial charge in [-0.3, -0.25) is 4.79 Å². The predicted octanol–water partition coefficient (Wildman–Crippen LogP) is 4.82. The standard InChI is InChI=1S/C22H21N3O2S/c1-14(2)22(27)23-18-5-3-4-15(8-18)20-11-25-10-16(6-7-21(25)24-20)17-9-19(12-26)28-13-17/h3-11,13-14,26H,12H2,1-2H3,(H,23,27). The van der Waals surface area contributed by atoms with Gasteiger partial charge in [-0.2, -0.15) is 0 Å². The Morgan fingerprint density at radius 3 is 2.75 bits per heavy atom. The second-order valence-electron chi connectivity index (χ2n) is 6.99. The number of imidazole rings is 1. The van der Waals surface area contributed by atoms with Crippen molar-refractivity contribution in [2.75, 3.05) is 5.32 Å². The van der Waals surface area contributed by atoms with Crippen LogP contribution < -0.4 is 5.32 Å². The highest BCUT2D eigenvalue weighted by Gasteiger charge is 2.10. The van der Waals surface area contributed by atoms with Gasteiger partial charge in [0.15, 0.2) is 0 Å². The van der Waals surface area contributed by atoms with Crippen molar-refractivity contribution in [1.29, 1.82) is 0 Å². The van der Waals surface area contributed by atoms with Gasteiger partial charge in [0.1, 0.15) is 5.65 Å². The molecule has 0 saturated carbocycles. The zero-order chi connectivity index (χ0) is 19.7. The second kappa shape index (κ2) is 7.58. The van der Waals surface area contributed by atoms with Crippen LogP contribution in [0.3, 0.4) is 0 Å². The van der Waals surface area contributed by atoms with E-state index < -0.39 is 0 Å². The number of aromatic nitrogens is 2. The molecule has 0 radical (unpaired) electrons. The van der Waals surface area contributed by atoms with Crippen LogP contribution in [0.25, 0.3) is 28.0 Å². The highest BCUT2D eigenvalue weighted by molar-refractivity contribution is 7.10. The molecule has 0 fully saturated rings. The van der Waals surface area contributed by atoms with Gasteiger partial charge in [-0.05, 0) is 46.8 Å². The van der Waals surface area contributed by atoms with Gasteiger partial charge in [-0.15, -0.1) is 11.3 Å². The lowest BCUT2D eigenvalue weighted by Gasteiger charge is -2.08. The Morgan fingerprint density at radius 1 is 1.14 bits per heavy atom. The van der Waals surface area contributed by atoms with Crippen molar-refractivity contribution in [1.82, 2.24) is 9.38 Å². The van der Waals surface area contributed by atoms with E-state index >= 15 is 0 Å². The van der Waals surface area contributed by atoms with Crippen molar-refractivity contribution in [2.45, 2.75) is 20.5 Å². The van der Waals surface area contributed by atoms with Gasteiger partial charge in [-0.25, -0.2) is 4.98 Å². The van der Waals surface area contributed by atoms with Crippen LogP contribution in [0.2, 0.25) is 0 Å². The molecule has 0 saturated heterocycles. The second-order valence-corrected chi connectivity index (χ2v) is 7.99. The number of nitrogens with zero attached hydrogens (tertiary/aromatic N) is 2. The van der Waals surface area contributed by atoms with Crippen molar-refractivity contribution in [3.63, 3.8) is 0 Å². The molecule has 5 nitrogen and oxygen atoms in total. The Balaban J connectivity index is 1.65. The van der Waals surface area contributed by atoms with Gasteiger partial charge in [0.2, 0.25) is 5.91 Å². The number of hydrogen-bond donors (Lipinski definition) is 2. The van der Waals surface area contributed by atoms with Crippen LogP contribution >= 0.6 is 11.3 Å². The largest absolute Gasteiger partial charge is 0.391 e. The smallest absolute Gasteiger partial charge is 0.226 e. The number of carbonyl (C=O) groups is 1. The first-order valence-electron chi connectivity index (χ1n) is 9.12. The molecule has 2 N–H and O–H groups in total. The summed E-state index contributed by atoms with van der Waals surface area (Å²) in [6.07, 6.45) is 4.03. The Hall–Kier alpha value is -2.96. The number of anilines is 1. The fourth-order valence-electron chi connectivity index (χ4n) is 2.96. The molecular formula is C22H21N3O2S. The first kappa shape index (κ1) is 18.4. The van der Waals surface area contributed by atoms with E-state index in [4.69, 9.17) is 4.98 Å². The summed E-state index contributed by atoms with van der Waals surface area (Å²) < 4.78 is 2.00. The summed E-state index contributed by atoms with van der Waals surface area (Å²) in [4.78, 5) is 17.6. The van der Waals surface area contributed by atoms with E-state index in [0.29, 0.717) is 0 Å². The Labute approximate surface area is 167 Å². The minimum Gasteiger partial charge on any atom is -0.391 e. The van der Waals surface area contributed by atoms with Crippen molar-refractivity contribution < 1.29 is 9.90 Å². The summed E-state index contributed by atoms with van der Waals surface area (Å²) in [5.74, 6) is -0.0736. The number of thiophene rings is 1. The lowest BCUT2D eigenvalue weighted by Crippen LogP contribution is -2.17. The molecule has 1 amide bonds. The maximum atomic E-state index is 12.0. The first-order chi connectivity index (χ1) is 13.5. The van der Waals surface area contributed by atoms with Crippen LogP contribution in [0.4, 0.5) is 5.69 Å². The van der Waals surface area contributed by atoms with Crippen LogP contribution in [-0.4, -0.2) is 20.4 Å². The van der Waals surface area contributed by atoms with E-state index in [0.717, 1.165) is 38.6 Å². The number of carbonyl (C=O) groups excluding carboxylic acids is 1. The van der Waals surface area contributed by atoms with Crippen molar-refractivity contribution in [3.05, 3.63) is 65.1 Å². The van der Waals surface area contributed by atoms with E-state index in [2.05, 4.69) is 5.32 Å². The van der Waals surface area contributed by atoms with Crippen molar-refractivity contribution >= 4 is 28.6 Å². The molecule has 0 aliphatic heterocycles. The highest BCUT2D eigenvalue weighted by Crippen LogP contribution is 2.28. The minimum atomic E-state index is -0.0688. The number of benzene rings is 1. The zero-order valence-electron chi connectivity index (χ0n) is 15.7. The molecule has 3 heterocycles. The Bertz CT molecular complexity index is 1140. The van der Waals surface area contributed by atoms with Gasteiger partial charge in [0.25, 0.3) is 0 Å². The van der Waals surface area contributed by atoms with Gasteiger partial charge in [-0.1, -0.05) is 26.0 Å². The molecule has 0 aliphatic rings. The summed E-state index contributed by atoms with van der Waals surface area (Å²) in [7, 11) is 0. The Kier molecular flexibility index (Phi) is 4.98. The quantitative estimate of drug-likeness (QED) is 0.513. The van der Waals surface area contributed by atoms with E-state index in [1.807, 2.05) is 78.5 Å². The first-order valence-corrected chi connectivity index (χ1v) is 10.00. The molecule has 6 heteroatoms. The molecule has 3 aromatic heterocycles. The number of hydrogen-bond acceptors (Lipinski definition) is 4. The average Bonchev–Trinajstić information content (AvgIpc) is 3.34. The number of amides is 1. The summed E-state index contributed by atoms with van der Waals surface area (Å²) in [6.45, 7) is 3.80. The third-order valence-corrected chi connectivity index (χ3v) is 5.47. The van der Waals surface area contributed by atoms with Crippen molar-refractivity contribution in [3.8, 4) is 22.4 Å². The number of pyridine rings is 1. The fraction of sp³-hybridized carbons (Fsp3) is 0.182. The molecule has 0 spiro atoms. The summed E-state index contributed by atoms with van der Waals surface area (Å²) in [5, 5.41) is 14.3. The van der Waals surface area contributed by atoms with Gasteiger partial charge in [0.05, 0.1) is 12.3 Å². The third kappa shape index (κ3) is 3.69. The average molecular weight is 391 g/mol. The maximum absolute atomic E-state index is 12.0. The lowest BCUT2D eigenvalue weighted by molar-refractivity contribution is -0.118. The predicted molar refractivity (Wildman–Crippen MR) is 113 cm³/mol. The molecule has 28 heavy (non-hydrogen) atoms. The number of aliphatic hydroxyl groups excluding tert-OH is 1. The minimum absolute atomic E-state index is 0.00481. The van der Waals surface area contributed by atoms with Gasteiger partial charge >= 0.3 is 0 Å². The third-order valence-electron chi connectivity index (χ3n) is 4.54. The van der Waals surface area contributed by atoms with Gasteiger partial charge in [0, 0.05) is 34.4 Å². The van der Waals surface area contributed by atoms with Crippen LogP contribution in [0.1, 0.15) is 18.7 Å². The number of rotatable bonds is 5. The lowest BCUT2D eigenvalue weighted by atomic mass is 10.1. The SMILES string of the molecule is CC(C)C(=O)Nc1cccc(-c2cn3cc(-c4csc(CO)c4)ccc3n2)c1. The molecule has 0 unspecified atom stereocenters. The molecule has 142 valence electrons. The topological polar surface area (TPSA) is 66.6 Å². The zero-order valence-corrected chi connectivity index (χ0v) is 16.5. The summed E-state index contributed by atoms with van der Waals surface area (Å²) in [5.41, 5.74) is 5.58. The molecule has 4 aromatic rings. The summed E-state index contributed by atoms with van der Waals surface area (Å²) in [6, 6.07) is 13.8.